The second-order valence-corrected chi connectivity index (χ2v) is 8.17. The molecule has 128 valence electrons. The Balaban J connectivity index is 1.75. The van der Waals surface area contributed by atoms with E-state index in [0.29, 0.717) is 6.54 Å². The Kier molecular flexibility index (Phi) is 4.81. The maximum Gasteiger partial charge on any atom is 0.315 e. The Bertz CT molecular complexity index is 691. The first-order chi connectivity index (χ1) is 11.4. The summed E-state index contributed by atoms with van der Waals surface area (Å²) in [7, 11) is 0. The molecule has 1 aromatic carbocycles. The van der Waals surface area contributed by atoms with Crippen molar-refractivity contribution >= 4 is 23.1 Å². The summed E-state index contributed by atoms with van der Waals surface area (Å²) >= 11 is 1.74. The topological polar surface area (TPSA) is 44.4 Å². The van der Waals surface area contributed by atoms with Crippen LogP contribution in [0.5, 0.6) is 0 Å². The zero-order valence-electron chi connectivity index (χ0n) is 14.5. The molecule has 2 N–H and O–H groups in total. The number of anilines is 1. The number of hydrogen-bond acceptors (Lipinski definition) is 3. The minimum absolute atomic E-state index is 0.114. The summed E-state index contributed by atoms with van der Waals surface area (Å²) in [5.74, 6) is 0. The quantitative estimate of drug-likeness (QED) is 0.883. The Hall–Kier alpha value is -2.01. The SMILES string of the molecule is CC(C)(C)NC(=O)NC[C@H](c1cccs1)N1CCc2ccccc21. The molecule has 1 aliphatic rings. The molecule has 1 aromatic heterocycles. The fraction of sp³-hybridized carbons (Fsp3) is 0.421. The highest BCUT2D eigenvalue weighted by Crippen LogP contribution is 2.36. The highest BCUT2D eigenvalue weighted by molar-refractivity contribution is 7.10. The van der Waals surface area contributed by atoms with E-state index in [-0.39, 0.29) is 17.6 Å². The molecule has 0 saturated heterocycles. The largest absolute Gasteiger partial charge is 0.361 e. The lowest BCUT2D eigenvalue weighted by Gasteiger charge is -2.30. The van der Waals surface area contributed by atoms with Crippen LogP contribution in [0.25, 0.3) is 0 Å². The number of thiophene rings is 1. The van der Waals surface area contributed by atoms with Crippen LogP contribution < -0.4 is 15.5 Å². The number of nitrogens with zero attached hydrogens (tertiary/aromatic N) is 1. The van der Waals surface area contributed by atoms with Crippen molar-refractivity contribution in [1.29, 1.82) is 0 Å². The van der Waals surface area contributed by atoms with Crippen molar-refractivity contribution in [3.63, 3.8) is 0 Å². The van der Waals surface area contributed by atoms with Crippen molar-refractivity contribution in [2.75, 3.05) is 18.0 Å². The molecule has 5 heteroatoms. The first-order valence-electron chi connectivity index (χ1n) is 8.38. The molecule has 0 fully saturated rings. The number of carbonyl (C=O) groups excluding carboxylic acids is 1. The molecule has 0 unspecified atom stereocenters. The summed E-state index contributed by atoms with van der Waals surface area (Å²) in [5, 5.41) is 8.11. The first-order valence-corrected chi connectivity index (χ1v) is 9.26. The van der Waals surface area contributed by atoms with Gasteiger partial charge in [0.2, 0.25) is 0 Å². The molecule has 4 nitrogen and oxygen atoms in total. The van der Waals surface area contributed by atoms with Gasteiger partial charge < -0.3 is 15.5 Å². The maximum atomic E-state index is 12.2. The van der Waals surface area contributed by atoms with Crippen molar-refractivity contribution in [1.82, 2.24) is 10.6 Å². The van der Waals surface area contributed by atoms with Crippen LogP contribution in [0.1, 0.15) is 37.3 Å². The molecule has 0 spiro atoms. The van der Waals surface area contributed by atoms with Crippen molar-refractivity contribution < 1.29 is 4.79 Å². The second kappa shape index (κ2) is 6.85. The molecule has 0 aliphatic carbocycles. The average Bonchev–Trinajstić information content (AvgIpc) is 3.16. The van der Waals surface area contributed by atoms with Crippen LogP contribution in [0.2, 0.25) is 0 Å². The third kappa shape index (κ3) is 3.90. The van der Waals surface area contributed by atoms with Gasteiger partial charge in [0.05, 0.1) is 6.04 Å². The van der Waals surface area contributed by atoms with Crippen molar-refractivity contribution in [2.24, 2.45) is 0 Å². The summed E-state index contributed by atoms with van der Waals surface area (Å²) in [6, 6.07) is 12.8. The van der Waals surface area contributed by atoms with E-state index in [1.807, 2.05) is 20.8 Å². The normalized spacial score (nSPS) is 15.0. The number of fused-ring (bicyclic) bond motifs is 1. The standard InChI is InChI=1S/C19H25N3OS/c1-19(2,3)21-18(23)20-13-16(17-9-6-12-24-17)22-11-10-14-7-4-5-8-15(14)22/h4-9,12,16H,10-11,13H2,1-3H3,(H2,20,21,23)/t16-/m1/s1. The lowest BCUT2D eigenvalue weighted by molar-refractivity contribution is 0.231. The Morgan fingerprint density at radius 3 is 2.75 bits per heavy atom. The van der Waals surface area contributed by atoms with Gasteiger partial charge in [-0.2, -0.15) is 0 Å². The number of rotatable bonds is 4. The van der Waals surface area contributed by atoms with E-state index in [9.17, 15) is 4.79 Å². The van der Waals surface area contributed by atoms with Crippen LogP contribution in [0.15, 0.2) is 41.8 Å². The van der Waals surface area contributed by atoms with Gasteiger partial charge >= 0.3 is 6.03 Å². The van der Waals surface area contributed by atoms with Gasteiger partial charge in [-0.3, -0.25) is 0 Å². The number of para-hydroxylation sites is 1. The van der Waals surface area contributed by atoms with Crippen LogP contribution >= 0.6 is 11.3 Å². The summed E-state index contributed by atoms with van der Waals surface area (Å²) in [6.07, 6.45) is 1.06. The highest BCUT2D eigenvalue weighted by Gasteiger charge is 2.28. The summed E-state index contributed by atoms with van der Waals surface area (Å²) in [5.41, 5.74) is 2.44. The van der Waals surface area contributed by atoms with E-state index in [1.54, 1.807) is 11.3 Å². The third-order valence-electron chi connectivity index (χ3n) is 4.12. The minimum atomic E-state index is -0.233. The molecule has 0 saturated carbocycles. The molecule has 3 rings (SSSR count). The van der Waals surface area contributed by atoms with E-state index in [4.69, 9.17) is 0 Å². The number of carbonyl (C=O) groups is 1. The average molecular weight is 343 g/mol. The van der Waals surface area contributed by atoms with Gasteiger partial charge in [-0.05, 0) is 50.3 Å². The van der Waals surface area contributed by atoms with Crippen molar-refractivity contribution in [3.05, 3.63) is 52.2 Å². The smallest absolute Gasteiger partial charge is 0.315 e. The Morgan fingerprint density at radius 2 is 2.04 bits per heavy atom. The van der Waals surface area contributed by atoms with Crippen LogP contribution in [-0.4, -0.2) is 24.7 Å². The van der Waals surface area contributed by atoms with Gasteiger partial charge in [-0.25, -0.2) is 4.79 Å². The number of nitrogens with one attached hydrogen (secondary N) is 2. The Labute approximate surface area is 147 Å². The van der Waals surface area contributed by atoms with E-state index in [2.05, 4.69) is 57.3 Å². The molecule has 0 radical (unpaired) electrons. The molecule has 24 heavy (non-hydrogen) atoms. The van der Waals surface area contributed by atoms with Crippen LogP contribution in [0.4, 0.5) is 10.5 Å². The van der Waals surface area contributed by atoms with Gasteiger partial charge in [-0.1, -0.05) is 24.3 Å². The maximum absolute atomic E-state index is 12.2. The molecular formula is C19H25N3OS. The fourth-order valence-corrected chi connectivity index (χ4v) is 3.95. The summed E-state index contributed by atoms with van der Waals surface area (Å²) < 4.78 is 0. The molecule has 0 bridgehead atoms. The van der Waals surface area contributed by atoms with Gasteiger partial charge in [0.1, 0.15) is 0 Å². The van der Waals surface area contributed by atoms with Crippen LogP contribution in [0.3, 0.4) is 0 Å². The van der Waals surface area contributed by atoms with Gasteiger partial charge in [0.15, 0.2) is 0 Å². The number of hydrogen-bond donors (Lipinski definition) is 2. The number of amides is 2. The molecular weight excluding hydrogens is 318 g/mol. The minimum Gasteiger partial charge on any atom is -0.361 e. The van der Waals surface area contributed by atoms with Gasteiger partial charge in [0.25, 0.3) is 0 Å². The monoisotopic (exact) mass is 343 g/mol. The Morgan fingerprint density at radius 1 is 1.25 bits per heavy atom. The van der Waals surface area contributed by atoms with Gasteiger partial charge in [-0.15, -0.1) is 11.3 Å². The zero-order valence-corrected chi connectivity index (χ0v) is 15.3. The molecule has 1 atom stereocenters. The third-order valence-corrected chi connectivity index (χ3v) is 5.09. The summed E-state index contributed by atoms with van der Waals surface area (Å²) in [4.78, 5) is 15.9. The predicted octanol–water partition coefficient (Wildman–Crippen LogP) is 3.95. The highest BCUT2D eigenvalue weighted by atomic mass is 32.1. The molecule has 2 heterocycles. The van der Waals surface area contributed by atoms with E-state index >= 15 is 0 Å². The lowest BCUT2D eigenvalue weighted by atomic mass is 10.1. The van der Waals surface area contributed by atoms with E-state index in [0.717, 1.165) is 13.0 Å². The van der Waals surface area contributed by atoms with Crippen molar-refractivity contribution in [2.45, 2.75) is 38.8 Å². The van der Waals surface area contributed by atoms with Crippen LogP contribution in [0, 0.1) is 0 Å². The summed E-state index contributed by atoms with van der Waals surface area (Å²) in [6.45, 7) is 7.54. The number of benzene rings is 1. The predicted molar refractivity (Wildman–Crippen MR) is 101 cm³/mol. The second-order valence-electron chi connectivity index (χ2n) is 7.19. The van der Waals surface area contributed by atoms with E-state index < -0.39 is 0 Å². The van der Waals surface area contributed by atoms with Crippen molar-refractivity contribution in [3.8, 4) is 0 Å². The van der Waals surface area contributed by atoms with Crippen LogP contribution in [-0.2, 0) is 6.42 Å². The van der Waals surface area contributed by atoms with E-state index in [1.165, 1.54) is 16.1 Å². The first kappa shape index (κ1) is 16.8. The molecule has 2 amide bonds. The fourth-order valence-electron chi connectivity index (χ4n) is 3.11. The number of urea groups is 1. The zero-order chi connectivity index (χ0) is 17.2. The molecule has 2 aromatic rings. The van der Waals surface area contributed by atoms with Gasteiger partial charge in [0, 0.05) is 29.2 Å². The molecule has 1 aliphatic heterocycles. The lowest BCUT2D eigenvalue weighted by Crippen LogP contribution is -2.48.